The third kappa shape index (κ3) is 8.84. The second-order valence-corrected chi connectivity index (χ2v) is 8.11. The van der Waals surface area contributed by atoms with Crippen molar-refractivity contribution in [3.05, 3.63) is 60.2 Å². The average molecular weight is 444 g/mol. The second kappa shape index (κ2) is 12.4. The molecule has 1 aliphatic rings. The molecular weight excluding hydrogens is 410 g/mol. The maximum Gasteiger partial charge on any atom is 0.319 e. The minimum absolute atomic E-state index is 0.153. The van der Waals surface area contributed by atoms with Crippen LogP contribution in [0.2, 0.25) is 0 Å². The van der Waals surface area contributed by atoms with E-state index in [0.717, 1.165) is 24.4 Å². The summed E-state index contributed by atoms with van der Waals surface area (Å²) in [4.78, 5) is 14.4. The van der Waals surface area contributed by atoms with Gasteiger partial charge in [0.25, 0.3) is 0 Å². The number of amides is 2. The molecule has 0 aromatic heterocycles. The number of hydrogen-bond donors (Lipinski definition) is 3. The third-order valence-electron chi connectivity index (χ3n) is 4.99. The van der Waals surface area contributed by atoms with Crippen molar-refractivity contribution in [2.75, 3.05) is 57.9 Å². The number of aliphatic hydroxyl groups is 1. The zero-order chi connectivity index (χ0) is 22.7. The van der Waals surface area contributed by atoms with E-state index in [1.54, 1.807) is 6.92 Å². The largest absolute Gasteiger partial charge is 0.491 e. The predicted octanol–water partition coefficient (Wildman–Crippen LogP) is 2.49. The summed E-state index contributed by atoms with van der Waals surface area (Å²) in [6.07, 6.45) is 0. The minimum atomic E-state index is -1.02. The first kappa shape index (κ1) is 24.0. The number of nitrogens with zero attached hydrogens (tertiary/aromatic N) is 1. The molecule has 3 rings (SSSR count). The SMILES string of the molecule is CC(O)(CNC(=O)Nc1cccc(COCCOc2ccccc2)c1)CN1CCOCC1. The molecule has 0 aliphatic carbocycles. The zero-order valence-electron chi connectivity index (χ0n) is 18.6. The Balaban J connectivity index is 1.35. The number of hydrogen-bond acceptors (Lipinski definition) is 6. The molecule has 8 heteroatoms. The van der Waals surface area contributed by atoms with E-state index in [1.807, 2.05) is 54.6 Å². The van der Waals surface area contributed by atoms with Crippen LogP contribution < -0.4 is 15.4 Å². The number of nitrogens with one attached hydrogen (secondary N) is 2. The van der Waals surface area contributed by atoms with Crippen molar-refractivity contribution < 1.29 is 24.1 Å². The van der Waals surface area contributed by atoms with E-state index in [1.165, 1.54) is 0 Å². The number of benzene rings is 2. The van der Waals surface area contributed by atoms with E-state index < -0.39 is 5.60 Å². The fourth-order valence-corrected chi connectivity index (χ4v) is 3.41. The lowest BCUT2D eigenvalue weighted by atomic mass is 10.1. The Morgan fingerprint density at radius 2 is 1.91 bits per heavy atom. The van der Waals surface area contributed by atoms with Crippen molar-refractivity contribution in [2.24, 2.45) is 0 Å². The van der Waals surface area contributed by atoms with Gasteiger partial charge in [-0.05, 0) is 36.8 Å². The number of carbonyl (C=O) groups excluding carboxylic acids is 1. The fourth-order valence-electron chi connectivity index (χ4n) is 3.41. The van der Waals surface area contributed by atoms with Crippen molar-refractivity contribution in [3.63, 3.8) is 0 Å². The summed E-state index contributed by atoms with van der Waals surface area (Å²) in [5, 5.41) is 16.1. The lowest BCUT2D eigenvalue weighted by molar-refractivity contribution is -0.0205. The molecule has 0 radical (unpaired) electrons. The van der Waals surface area contributed by atoms with E-state index in [0.29, 0.717) is 45.3 Å². The monoisotopic (exact) mass is 443 g/mol. The Bertz CT molecular complexity index is 825. The highest BCUT2D eigenvalue weighted by Gasteiger charge is 2.25. The number of ether oxygens (including phenoxy) is 3. The van der Waals surface area contributed by atoms with Crippen LogP contribution in [0.5, 0.6) is 5.75 Å². The number of para-hydroxylation sites is 1. The van der Waals surface area contributed by atoms with Gasteiger partial charge in [-0.2, -0.15) is 0 Å². The van der Waals surface area contributed by atoms with Gasteiger partial charge in [-0.3, -0.25) is 4.90 Å². The van der Waals surface area contributed by atoms with Gasteiger partial charge in [0.05, 0.1) is 32.0 Å². The Kier molecular flexibility index (Phi) is 9.30. The lowest BCUT2D eigenvalue weighted by Gasteiger charge is -2.33. The van der Waals surface area contributed by atoms with Gasteiger partial charge in [-0.15, -0.1) is 0 Å². The molecule has 1 fully saturated rings. The molecule has 0 bridgehead atoms. The number of rotatable bonds is 11. The zero-order valence-corrected chi connectivity index (χ0v) is 18.6. The molecular formula is C24H33N3O5. The molecule has 1 atom stereocenters. The molecule has 8 nitrogen and oxygen atoms in total. The van der Waals surface area contributed by atoms with Crippen molar-refractivity contribution in [1.29, 1.82) is 0 Å². The van der Waals surface area contributed by atoms with Crippen LogP contribution in [0.3, 0.4) is 0 Å². The summed E-state index contributed by atoms with van der Waals surface area (Å²) in [5.74, 6) is 0.817. The summed E-state index contributed by atoms with van der Waals surface area (Å²) >= 11 is 0. The molecule has 0 spiro atoms. The molecule has 32 heavy (non-hydrogen) atoms. The van der Waals surface area contributed by atoms with Crippen LogP contribution in [0.25, 0.3) is 0 Å². The van der Waals surface area contributed by atoms with Gasteiger partial charge in [-0.25, -0.2) is 4.79 Å². The van der Waals surface area contributed by atoms with Gasteiger partial charge < -0.3 is 30.0 Å². The molecule has 1 aliphatic heterocycles. The van der Waals surface area contributed by atoms with Crippen LogP contribution in [0.15, 0.2) is 54.6 Å². The second-order valence-electron chi connectivity index (χ2n) is 8.11. The topological polar surface area (TPSA) is 92.3 Å². The summed E-state index contributed by atoms with van der Waals surface area (Å²) in [5.41, 5.74) is 0.588. The number of urea groups is 1. The van der Waals surface area contributed by atoms with Crippen LogP contribution >= 0.6 is 0 Å². The Morgan fingerprint density at radius 3 is 2.69 bits per heavy atom. The smallest absolute Gasteiger partial charge is 0.319 e. The molecule has 3 N–H and O–H groups in total. The minimum Gasteiger partial charge on any atom is -0.491 e. The van der Waals surface area contributed by atoms with Gasteiger partial charge in [0.15, 0.2) is 0 Å². The van der Waals surface area contributed by atoms with E-state index >= 15 is 0 Å². The Labute approximate surface area is 189 Å². The third-order valence-corrected chi connectivity index (χ3v) is 4.99. The van der Waals surface area contributed by atoms with Gasteiger partial charge >= 0.3 is 6.03 Å². The molecule has 2 aromatic rings. The standard InChI is InChI=1S/C24H33N3O5/c1-24(29,19-27-10-12-30-13-11-27)18-25-23(28)26-21-7-5-6-20(16-21)17-31-14-15-32-22-8-3-2-4-9-22/h2-9,16,29H,10-15,17-19H2,1H3,(H2,25,26,28). The van der Waals surface area contributed by atoms with Gasteiger partial charge in [0, 0.05) is 31.9 Å². The molecule has 2 amide bonds. The van der Waals surface area contributed by atoms with E-state index in [9.17, 15) is 9.90 Å². The first-order valence-electron chi connectivity index (χ1n) is 10.9. The van der Waals surface area contributed by atoms with Gasteiger partial charge in [-0.1, -0.05) is 30.3 Å². The summed E-state index contributed by atoms with van der Waals surface area (Å²) < 4.78 is 16.6. The van der Waals surface area contributed by atoms with Crippen molar-refractivity contribution >= 4 is 11.7 Å². The number of carbonyl (C=O) groups is 1. The first-order valence-corrected chi connectivity index (χ1v) is 10.9. The maximum absolute atomic E-state index is 12.3. The van der Waals surface area contributed by atoms with Crippen LogP contribution in [0.1, 0.15) is 12.5 Å². The molecule has 1 saturated heterocycles. The summed E-state index contributed by atoms with van der Waals surface area (Å²) in [6, 6.07) is 16.7. The van der Waals surface area contributed by atoms with Crippen molar-refractivity contribution in [3.8, 4) is 5.75 Å². The highest BCUT2D eigenvalue weighted by Crippen LogP contribution is 2.13. The van der Waals surface area contributed by atoms with Crippen LogP contribution in [0.4, 0.5) is 10.5 Å². The van der Waals surface area contributed by atoms with Crippen LogP contribution in [-0.2, 0) is 16.1 Å². The summed E-state index contributed by atoms with van der Waals surface area (Å²) in [6.45, 7) is 6.63. The Morgan fingerprint density at radius 1 is 1.12 bits per heavy atom. The van der Waals surface area contributed by atoms with E-state index in [-0.39, 0.29) is 12.6 Å². The van der Waals surface area contributed by atoms with E-state index in [2.05, 4.69) is 15.5 Å². The summed E-state index contributed by atoms with van der Waals surface area (Å²) in [7, 11) is 0. The molecule has 174 valence electrons. The fraction of sp³-hybridized carbons (Fsp3) is 0.458. The molecule has 1 unspecified atom stereocenters. The quantitative estimate of drug-likeness (QED) is 0.462. The highest BCUT2D eigenvalue weighted by molar-refractivity contribution is 5.89. The lowest BCUT2D eigenvalue weighted by Crippen LogP contribution is -2.51. The average Bonchev–Trinajstić information content (AvgIpc) is 2.79. The van der Waals surface area contributed by atoms with Gasteiger partial charge in [0.1, 0.15) is 12.4 Å². The van der Waals surface area contributed by atoms with Gasteiger partial charge in [0.2, 0.25) is 0 Å². The van der Waals surface area contributed by atoms with Crippen molar-refractivity contribution in [1.82, 2.24) is 10.2 Å². The Hall–Kier alpha value is -2.65. The molecule has 0 saturated carbocycles. The normalized spacial score (nSPS) is 16.2. The highest BCUT2D eigenvalue weighted by atomic mass is 16.5. The number of anilines is 1. The number of β-amino-alcohol motifs (C(OH)–C–C–N with tert-alkyl or cyclic N) is 1. The van der Waals surface area contributed by atoms with Crippen LogP contribution in [0, 0.1) is 0 Å². The maximum atomic E-state index is 12.3. The predicted molar refractivity (Wildman–Crippen MR) is 123 cm³/mol. The first-order chi connectivity index (χ1) is 15.5. The molecule has 2 aromatic carbocycles. The molecule has 1 heterocycles. The van der Waals surface area contributed by atoms with Crippen molar-refractivity contribution in [2.45, 2.75) is 19.1 Å². The van der Waals surface area contributed by atoms with Crippen LogP contribution in [-0.4, -0.2) is 74.2 Å². The van der Waals surface area contributed by atoms with E-state index in [4.69, 9.17) is 14.2 Å². The number of morpholine rings is 1.